The summed E-state index contributed by atoms with van der Waals surface area (Å²) in [5.74, 6) is -0.500. The van der Waals surface area contributed by atoms with Crippen LogP contribution in [0.3, 0.4) is 0 Å². The second-order valence-corrected chi connectivity index (χ2v) is 6.77. The summed E-state index contributed by atoms with van der Waals surface area (Å²) in [4.78, 5) is 14.8. The van der Waals surface area contributed by atoms with E-state index in [1.165, 1.54) is 10.5 Å². The molecule has 0 aliphatic carbocycles. The fourth-order valence-corrected chi connectivity index (χ4v) is 3.61. The quantitative estimate of drug-likeness (QED) is 0.603. The molecular formula is C19H19N3O3S. The van der Waals surface area contributed by atoms with Gasteiger partial charge >= 0.3 is 0 Å². The Labute approximate surface area is 153 Å². The molecule has 3 aromatic rings. The minimum atomic E-state index is -2.79. The Kier molecular flexibility index (Phi) is 4.81. The van der Waals surface area contributed by atoms with Crippen LogP contribution >= 0.6 is 0 Å². The summed E-state index contributed by atoms with van der Waals surface area (Å²) in [6, 6.07) is 10.8. The molecule has 3 N–H and O–H groups in total. The number of aromatic amines is 1. The van der Waals surface area contributed by atoms with Crippen molar-refractivity contribution in [3.63, 3.8) is 0 Å². The summed E-state index contributed by atoms with van der Waals surface area (Å²) in [6.45, 7) is 3.70. The van der Waals surface area contributed by atoms with Gasteiger partial charge in [-0.2, -0.15) is 0 Å². The Morgan fingerprint density at radius 2 is 2.00 bits per heavy atom. The summed E-state index contributed by atoms with van der Waals surface area (Å²) in [5, 5.41) is 0.891. The summed E-state index contributed by atoms with van der Waals surface area (Å²) >= 11 is 0. The van der Waals surface area contributed by atoms with Crippen LogP contribution in [0.4, 0.5) is 5.69 Å². The number of hydrogen-bond acceptors (Lipinski definition) is 3. The number of nitrogens with two attached hydrogens (primary N) is 1. The molecule has 0 saturated carbocycles. The van der Waals surface area contributed by atoms with E-state index in [4.69, 9.17) is 5.73 Å². The molecule has 0 aliphatic rings. The number of primary amides is 1. The molecule has 1 amide bonds. The predicted octanol–water partition coefficient (Wildman–Crippen LogP) is 3.11. The van der Waals surface area contributed by atoms with Gasteiger partial charge in [-0.05, 0) is 48.7 Å². The van der Waals surface area contributed by atoms with Gasteiger partial charge in [-0.15, -0.1) is 0 Å². The maximum Gasteiger partial charge on any atom is 0.250 e. The minimum Gasteiger partial charge on any atom is -0.366 e. The number of fused-ring (bicyclic) bond motifs is 1. The van der Waals surface area contributed by atoms with Crippen molar-refractivity contribution in [3.8, 4) is 11.1 Å². The normalized spacial score (nSPS) is 11.5. The Morgan fingerprint density at radius 1 is 1.23 bits per heavy atom. The zero-order valence-corrected chi connectivity index (χ0v) is 15.3. The smallest absolute Gasteiger partial charge is 0.250 e. The zero-order chi connectivity index (χ0) is 18.8. The van der Waals surface area contributed by atoms with Gasteiger partial charge in [0.15, 0.2) is 0 Å². The lowest BCUT2D eigenvalue weighted by molar-refractivity contribution is 0.100. The highest BCUT2D eigenvalue weighted by atomic mass is 32.2. The Balaban J connectivity index is 2.22. The van der Waals surface area contributed by atoms with Gasteiger partial charge in [-0.1, -0.05) is 24.3 Å². The van der Waals surface area contributed by atoms with Gasteiger partial charge in [-0.3, -0.25) is 4.79 Å². The minimum absolute atomic E-state index is 0.422. The first-order chi connectivity index (χ1) is 12.4. The number of rotatable bonds is 5. The third-order valence-corrected chi connectivity index (χ3v) is 4.90. The number of carbonyl (C=O) groups excluding carboxylic acids is 1. The number of carbonyl (C=O) groups is 1. The maximum atomic E-state index is 11.7. The summed E-state index contributed by atoms with van der Waals surface area (Å²) in [5.41, 5.74) is 9.82. The highest BCUT2D eigenvalue weighted by Crippen LogP contribution is 2.34. The van der Waals surface area contributed by atoms with E-state index >= 15 is 0 Å². The van der Waals surface area contributed by atoms with E-state index in [9.17, 15) is 13.2 Å². The lowest BCUT2D eigenvalue weighted by atomic mass is 9.96. The molecule has 0 saturated heterocycles. The number of H-pyrrole nitrogens is 1. The van der Waals surface area contributed by atoms with E-state index < -0.39 is 16.8 Å². The van der Waals surface area contributed by atoms with Crippen LogP contribution in [0.2, 0.25) is 0 Å². The van der Waals surface area contributed by atoms with E-state index in [2.05, 4.69) is 4.98 Å². The molecule has 6 nitrogen and oxygen atoms in total. The fraction of sp³-hybridized carbons (Fsp3) is 0.105. The third kappa shape index (κ3) is 3.09. The van der Waals surface area contributed by atoms with Crippen LogP contribution in [-0.2, 0) is 10.9 Å². The highest BCUT2D eigenvalue weighted by molar-refractivity contribution is 7.74. The molecule has 0 atom stereocenters. The van der Waals surface area contributed by atoms with Crippen LogP contribution in [-0.4, -0.2) is 19.3 Å². The van der Waals surface area contributed by atoms with Crippen molar-refractivity contribution in [1.29, 1.82) is 0 Å². The van der Waals surface area contributed by atoms with Crippen molar-refractivity contribution in [2.75, 3.05) is 4.31 Å². The number of nitrogens with one attached hydrogen (secondary N) is 1. The average Bonchev–Trinajstić information content (AvgIpc) is 3.00. The van der Waals surface area contributed by atoms with Gasteiger partial charge in [0.25, 0.3) is 5.91 Å². The second-order valence-electron chi connectivity index (χ2n) is 5.86. The first-order valence-corrected chi connectivity index (χ1v) is 9.14. The summed E-state index contributed by atoms with van der Waals surface area (Å²) in [6.07, 6.45) is 4.98. The number of nitrogens with zero attached hydrogens (tertiary/aromatic N) is 1. The first-order valence-electron chi connectivity index (χ1n) is 8.01. The summed E-state index contributed by atoms with van der Waals surface area (Å²) in [7, 11) is -2.79. The Hall–Kier alpha value is -3.06. The van der Waals surface area contributed by atoms with Crippen molar-refractivity contribution in [1.82, 2.24) is 4.98 Å². The van der Waals surface area contributed by atoms with Gasteiger partial charge in [-0.25, -0.2) is 12.7 Å². The van der Waals surface area contributed by atoms with E-state index in [1.54, 1.807) is 37.3 Å². The molecule has 0 fully saturated rings. The van der Waals surface area contributed by atoms with Gasteiger partial charge in [0.1, 0.15) is 0 Å². The molecule has 26 heavy (non-hydrogen) atoms. The highest BCUT2D eigenvalue weighted by Gasteiger charge is 2.15. The van der Waals surface area contributed by atoms with Crippen LogP contribution in [0, 0.1) is 6.92 Å². The first kappa shape index (κ1) is 17.8. The number of aromatic nitrogens is 1. The number of benzene rings is 2. The van der Waals surface area contributed by atoms with E-state index in [-0.39, 0.29) is 0 Å². The largest absolute Gasteiger partial charge is 0.366 e. The van der Waals surface area contributed by atoms with Crippen LogP contribution in [0.25, 0.3) is 22.0 Å². The third-order valence-electron chi connectivity index (χ3n) is 4.19. The molecule has 7 heteroatoms. The van der Waals surface area contributed by atoms with Crippen LogP contribution in [0.1, 0.15) is 22.8 Å². The molecule has 2 aromatic carbocycles. The molecule has 0 aliphatic heterocycles. The van der Waals surface area contributed by atoms with Gasteiger partial charge in [0.2, 0.25) is 10.9 Å². The van der Waals surface area contributed by atoms with E-state index in [1.807, 2.05) is 25.3 Å². The molecule has 1 aromatic heterocycles. The molecule has 0 spiro atoms. The number of anilines is 1. The van der Waals surface area contributed by atoms with Crippen LogP contribution in [0.5, 0.6) is 0 Å². The lowest BCUT2D eigenvalue weighted by Gasteiger charge is -2.15. The number of amides is 1. The Bertz CT molecular complexity index is 1090. The fourth-order valence-electron chi connectivity index (χ4n) is 3.05. The number of hydrogen-bond donors (Lipinski definition) is 3. The van der Waals surface area contributed by atoms with Crippen LogP contribution < -0.4 is 10.0 Å². The van der Waals surface area contributed by atoms with E-state index in [0.717, 1.165) is 22.1 Å². The summed E-state index contributed by atoms with van der Waals surface area (Å²) < 4.78 is 24.3. The SMILES string of the molecule is CC=CN(c1cccc(-c2ccc(C(N)=O)c3[nH]cc(C)c23)c1)[SH](=O)=O. The van der Waals surface area contributed by atoms with E-state index in [0.29, 0.717) is 16.8 Å². The molecule has 0 bridgehead atoms. The number of thiol groups is 1. The Morgan fingerprint density at radius 3 is 2.65 bits per heavy atom. The van der Waals surface area contributed by atoms with Crippen molar-refractivity contribution in [2.24, 2.45) is 5.73 Å². The average molecular weight is 369 g/mol. The van der Waals surface area contributed by atoms with Crippen molar-refractivity contribution in [2.45, 2.75) is 13.8 Å². The number of allylic oxidation sites excluding steroid dienone is 1. The monoisotopic (exact) mass is 369 g/mol. The molecule has 1 heterocycles. The van der Waals surface area contributed by atoms with Crippen molar-refractivity contribution >= 4 is 33.4 Å². The molecule has 0 radical (unpaired) electrons. The van der Waals surface area contributed by atoms with Crippen LogP contribution in [0.15, 0.2) is 54.9 Å². The zero-order valence-electron chi connectivity index (χ0n) is 14.4. The lowest BCUT2D eigenvalue weighted by Crippen LogP contribution is -2.13. The van der Waals surface area contributed by atoms with Gasteiger partial charge in [0, 0.05) is 17.8 Å². The van der Waals surface area contributed by atoms with Crippen molar-refractivity contribution in [3.05, 3.63) is 66.0 Å². The number of aryl methyl sites for hydroxylation is 1. The van der Waals surface area contributed by atoms with Gasteiger partial charge in [0.05, 0.1) is 16.8 Å². The molecule has 134 valence electrons. The standard InChI is InChI=1S/C19H19N3O3S/c1-3-9-22(26(24)25)14-6-4-5-13(10-14)15-7-8-16(19(20)23)18-17(15)12(2)11-21-18/h3-11,21,26H,1-2H3,(H2,20,23). The van der Waals surface area contributed by atoms with Gasteiger partial charge < -0.3 is 10.7 Å². The second kappa shape index (κ2) is 7.05. The maximum absolute atomic E-state index is 11.7. The van der Waals surface area contributed by atoms with Crippen molar-refractivity contribution < 1.29 is 13.2 Å². The molecular weight excluding hydrogens is 350 g/mol. The predicted molar refractivity (Wildman–Crippen MR) is 105 cm³/mol. The molecule has 0 unspecified atom stereocenters. The molecule has 3 rings (SSSR count). The topological polar surface area (TPSA) is 96.3 Å².